The van der Waals surface area contributed by atoms with Crippen LogP contribution < -0.4 is 5.32 Å². The second-order valence-electron chi connectivity index (χ2n) is 6.01. The molecule has 1 aliphatic rings. The van der Waals surface area contributed by atoms with Crippen LogP contribution in [0.5, 0.6) is 0 Å². The molecule has 8 heteroatoms. The lowest BCUT2D eigenvalue weighted by Gasteiger charge is -2.33. The molecule has 0 amide bonds. The van der Waals surface area contributed by atoms with Gasteiger partial charge in [-0.25, -0.2) is 4.39 Å². The van der Waals surface area contributed by atoms with E-state index in [1.54, 1.807) is 12.1 Å². The average Bonchev–Trinajstić information content (AvgIpc) is 2.63. The summed E-state index contributed by atoms with van der Waals surface area (Å²) in [7, 11) is 1.43. The molecule has 0 atom stereocenters. The predicted octanol–water partition coefficient (Wildman–Crippen LogP) is 3.60. The number of ether oxygens (including phenoxy) is 1. The van der Waals surface area contributed by atoms with Crippen LogP contribution in [-0.4, -0.2) is 50.1 Å². The Labute approximate surface area is 179 Å². The van der Waals surface area contributed by atoms with E-state index in [9.17, 15) is 9.18 Å². The van der Waals surface area contributed by atoms with E-state index >= 15 is 0 Å². The number of hydrogen-bond acceptors (Lipinski definition) is 3. The predicted molar refractivity (Wildman–Crippen MR) is 116 cm³/mol. The average molecular weight is 542 g/mol. The Hall–Kier alpha value is -0.900. The van der Waals surface area contributed by atoms with Crippen LogP contribution in [0, 0.1) is 11.7 Å². The highest BCUT2D eigenvalue weighted by molar-refractivity contribution is 14.0. The molecular formula is C18H26BrFIN3O2. The van der Waals surface area contributed by atoms with Gasteiger partial charge in [0.25, 0.3) is 0 Å². The van der Waals surface area contributed by atoms with Crippen molar-refractivity contribution in [1.82, 2.24) is 10.2 Å². The van der Waals surface area contributed by atoms with Crippen molar-refractivity contribution >= 4 is 51.8 Å². The van der Waals surface area contributed by atoms with Crippen LogP contribution in [0.25, 0.3) is 0 Å². The zero-order valence-electron chi connectivity index (χ0n) is 15.1. The third-order valence-electron chi connectivity index (χ3n) is 4.31. The standard InChI is InChI=1S/C18H25BrFN3O2.HI/c1-3-21-18(23-10-7-13(8-11-23)17(24)25-2)22-9-6-14-12-15(19)4-5-16(14)20;/h4-5,12-13H,3,6-11H2,1-2H3,(H,21,22);1H. The third-order valence-corrected chi connectivity index (χ3v) is 4.81. The highest BCUT2D eigenvalue weighted by Gasteiger charge is 2.26. The molecule has 146 valence electrons. The van der Waals surface area contributed by atoms with Gasteiger partial charge in [-0.2, -0.15) is 0 Å². The van der Waals surface area contributed by atoms with Gasteiger partial charge < -0.3 is 15.0 Å². The summed E-state index contributed by atoms with van der Waals surface area (Å²) in [5, 5.41) is 3.28. The van der Waals surface area contributed by atoms with Crippen molar-refractivity contribution in [2.24, 2.45) is 10.9 Å². The molecule has 0 saturated carbocycles. The molecular weight excluding hydrogens is 516 g/mol. The Bertz CT molecular complexity index is 622. The fraction of sp³-hybridized carbons (Fsp3) is 0.556. The first kappa shape index (κ1) is 23.1. The van der Waals surface area contributed by atoms with E-state index in [1.807, 2.05) is 6.92 Å². The monoisotopic (exact) mass is 541 g/mol. The number of methoxy groups -OCH3 is 1. The van der Waals surface area contributed by atoms with E-state index in [0.29, 0.717) is 18.5 Å². The zero-order valence-corrected chi connectivity index (χ0v) is 19.1. The number of rotatable bonds is 5. The van der Waals surface area contributed by atoms with Gasteiger partial charge in [0.05, 0.1) is 13.0 Å². The number of hydrogen-bond donors (Lipinski definition) is 1. The van der Waals surface area contributed by atoms with Crippen LogP contribution in [0.15, 0.2) is 27.7 Å². The highest BCUT2D eigenvalue weighted by atomic mass is 127. The number of halogens is 3. The molecule has 1 N–H and O–H groups in total. The summed E-state index contributed by atoms with van der Waals surface area (Å²) in [6.07, 6.45) is 2.06. The van der Waals surface area contributed by atoms with Gasteiger partial charge in [0.2, 0.25) is 0 Å². The lowest BCUT2D eigenvalue weighted by atomic mass is 9.97. The highest BCUT2D eigenvalue weighted by Crippen LogP contribution is 2.19. The molecule has 0 bridgehead atoms. The maximum atomic E-state index is 13.8. The van der Waals surface area contributed by atoms with E-state index in [1.165, 1.54) is 13.2 Å². The van der Waals surface area contributed by atoms with Crippen molar-refractivity contribution in [3.63, 3.8) is 0 Å². The van der Waals surface area contributed by atoms with Gasteiger partial charge in [-0.05, 0) is 49.9 Å². The molecule has 26 heavy (non-hydrogen) atoms. The minimum Gasteiger partial charge on any atom is -0.469 e. The number of carbonyl (C=O) groups excluding carboxylic acids is 1. The van der Waals surface area contributed by atoms with Crippen LogP contribution in [0.4, 0.5) is 4.39 Å². The summed E-state index contributed by atoms with van der Waals surface area (Å²) in [4.78, 5) is 18.4. The van der Waals surface area contributed by atoms with Crippen LogP contribution in [0.3, 0.4) is 0 Å². The Balaban J connectivity index is 0.00000338. The summed E-state index contributed by atoms with van der Waals surface area (Å²) in [5.74, 6) is 0.454. The largest absolute Gasteiger partial charge is 0.469 e. The fourth-order valence-electron chi connectivity index (χ4n) is 2.94. The molecule has 2 rings (SSSR count). The van der Waals surface area contributed by atoms with Crippen molar-refractivity contribution in [3.05, 3.63) is 34.1 Å². The third kappa shape index (κ3) is 6.68. The molecule has 0 aromatic heterocycles. The van der Waals surface area contributed by atoms with Crippen molar-refractivity contribution in [1.29, 1.82) is 0 Å². The summed E-state index contributed by atoms with van der Waals surface area (Å²) in [6.45, 7) is 4.81. The van der Waals surface area contributed by atoms with Gasteiger partial charge in [0, 0.05) is 30.7 Å². The van der Waals surface area contributed by atoms with Crippen LogP contribution >= 0.6 is 39.9 Å². The Morgan fingerprint density at radius 1 is 1.42 bits per heavy atom. The lowest BCUT2D eigenvalue weighted by molar-refractivity contribution is -0.146. The number of aliphatic imine (C=N–C) groups is 1. The van der Waals surface area contributed by atoms with Gasteiger partial charge in [-0.3, -0.25) is 9.79 Å². The topological polar surface area (TPSA) is 53.9 Å². The normalized spacial score (nSPS) is 15.4. The minimum absolute atomic E-state index is 0. The first-order valence-corrected chi connectivity index (χ1v) is 9.39. The molecule has 0 unspecified atom stereocenters. The summed E-state index contributed by atoms with van der Waals surface area (Å²) < 4.78 is 19.5. The number of nitrogens with zero attached hydrogens (tertiary/aromatic N) is 2. The number of benzene rings is 1. The van der Waals surface area contributed by atoms with Gasteiger partial charge in [0.1, 0.15) is 5.82 Å². The minimum atomic E-state index is -0.206. The fourth-order valence-corrected chi connectivity index (χ4v) is 3.35. The zero-order chi connectivity index (χ0) is 18.2. The number of guanidine groups is 1. The summed E-state index contributed by atoms with van der Waals surface area (Å²) in [6, 6.07) is 4.95. The maximum absolute atomic E-state index is 13.8. The van der Waals surface area contributed by atoms with E-state index in [4.69, 9.17) is 4.74 Å². The van der Waals surface area contributed by atoms with E-state index in [-0.39, 0.29) is 41.7 Å². The van der Waals surface area contributed by atoms with Crippen LogP contribution in [0.1, 0.15) is 25.3 Å². The number of likely N-dealkylation sites (tertiary alicyclic amines) is 1. The van der Waals surface area contributed by atoms with Crippen molar-refractivity contribution in [3.8, 4) is 0 Å². The Kier molecular flexibility index (Phi) is 10.4. The molecule has 1 heterocycles. The Morgan fingerprint density at radius 2 is 2.12 bits per heavy atom. The number of nitrogens with one attached hydrogen (secondary N) is 1. The SMILES string of the molecule is CCNC(=NCCc1cc(Br)ccc1F)N1CCC(C(=O)OC)CC1.I. The number of esters is 1. The first-order valence-electron chi connectivity index (χ1n) is 8.60. The van der Waals surface area contributed by atoms with Gasteiger partial charge in [-0.1, -0.05) is 15.9 Å². The molecule has 0 radical (unpaired) electrons. The first-order chi connectivity index (χ1) is 12.0. The maximum Gasteiger partial charge on any atom is 0.308 e. The van der Waals surface area contributed by atoms with Crippen molar-refractivity contribution in [2.45, 2.75) is 26.2 Å². The summed E-state index contributed by atoms with van der Waals surface area (Å²) >= 11 is 3.37. The molecule has 1 saturated heterocycles. The van der Waals surface area contributed by atoms with Gasteiger partial charge >= 0.3 is 5.97 Å². The van der Waals surface area contributed by atoms with E-state index in [0.717, 1.165) is 42.9 Å². The quantitative estimate of drug-likeness (QED) is 0.268. The van der Waals surface area contributed by atoms with E-state index in [2.05, 4.69) is 31.1 Å². The number of carbonyl (C=O) groups is 1. The van der Waals surface area contributed by atoms with Crippen LogP contribution in [-0.2, 0) is 16.0 Å². The molecule has 1 aromatic rings. The lowest BCUT2D eigenvalue weighted by Crippen LogP contribution is -2.46. The summed E-state index contributed by atoms with van der Waals surface area (Å²) in [5.41, 5.74) is 0.651. The molecule has 1 aromatic carbocycles. The molecule has 0 aliphatic carbocycles. The Morgan fingerprint density at radius 3 is 2.73 bits per heavy atom. The molecule has 1 fully saturated rings. The second kappa shape index (κ2) is 11.7. The molecule has 5 nitrogen and oxygen atoms in total. The van der Waals surface area contributed by atoms with Gasteiger partial charge in [-0.15, -0.1) is 24.0 Å². The van der Waals surface area contributed by atoms with Crippen LogP contribution in [0.2, 0.25) is 0 Å². The van der Waals surface area contributed by atoms with Crippen molar-refractivity contribution < 1.29 is 13.9 Å². The molecule has 1 aliphatic heterocycles. The van der Waals surface area contributed by atoms with E-state index < -0.39 is 0 Å². The number of piperidine rings is 1. The smallest absolute Gasteiger partial charge is 0.308 e. The van der Waals surface area contributed by atoms with Gasteiger partial charge in [0.15, 0.2) is 5.96 Å². The van der Waals surface area contributed by atoms with Crippen molar-refractivity contribution in [2.75, 3.05) is 33.3 Å². The molecule has 0 spiro atoms. The second-order valence-corrected chi connectivity index (χ2v) is 6.92.